The summed E-state index contributed by atoms with van der Waals surface area (Å²) in [7, 11) is 3.23. The predicted molar refractivity (Wildman–Crippen MR) is 117 cm³/mol. The zero-order valence-corrected chi connectivity index (χ0v) is 18.5. The van der Waals surface area contributed by atoms with Gasteiger partial charge in [0.1, 0.15) is 5.82 Å². The molecule has 3 rings (SSSR count). The van der Waals surface area contributed by atoms with Crippen molar-refractivity contribution in [1.29, 1.82) is 0 Å². The van der Waals surface area contributed by atoms with E-state index in [0.717, 1.165) is 44.3 Å². The van der Waals surface area contributed by atoms with Crippen LogP contribution in [0.15, 0.2) is 18.2 Å². The zero-order valence-electron chi connectivity index (χ0n) is 18.5. The van der Waals surface area contributed by atoms with Crippen LogP contribution in [0.4, 0.5) is 4.39 Å². The van der Waals surface area contributed by atoms with E-state index in [0.29, 0.717) is 30.0 Å². The van der Waals surface area contributed by atoms with Crippen molar-refractivity contribution in [3.63, 3.8) is 0 Å². The minimum absolute atomic E-state index is 0.0452. The Labute approximate surface area is 178 Å². The van der Waals surface area contributed by atoms with E-state index < -0.39 is 0 Å². The molecule has 2 aromatic rings. The molecule has 1 aromatic heterocycles. The highest BCUT2D eigenvalue weighted by molar-refractivity contribution is 6.04. The van der Waals surface area contributed by atoms with Crippen LogP contribution < -0.4 is 10.1 Å². The van der Waals surface area contributed by atoms with Crippen LogP contribution in [0.5, 0.6) is 5.75 Å². The maximum absolute atomic E-state index is 14.0. The number of rotatable bonds is 9. The number of halogens is 1. The number of methoxy groups -OCH3 is 2. The molecule has 1 aliphatic heterocycles. The molecule has 0 saturated carbocycles. The van der Waals surface area contributed by atoms with Crippen molar-refractivity contribution < 1.29 is 18.7 Å². The molecule has 2 heterocycles. The first-order valence-electron chi connectivity index (χ1n) is 10.9. The zero-order chi connectivity index (χ0) is 21.7. The van der Waals surface area contributed by atoms with Crippen LogP contribution in [0.25, 0.3) is 10.9 Å². The monoisotopic (exact) mass is 419 g/mol. The van der Waals surface area contributed by atoms with Gasteiger partial charge in [-0.05, 0) is 64.3 Å². The first-order valence-corrected chi connectivity index (χ1v) is 10.9. The van der Waals surface area contributed by atoms with Crippen molar-refractivity contribution >= 4 is 16.8 Å². The average Bonchev–Trinajstić information content (AvgIpc) is 3.04. The molecule has 1 amide bonds. The molecule has 166 valence electrons. The van der Waals surface area contributed by atoms with Gasteiger partial charge in [0.15, 0.2) is 11.4 Å². The molecule has 7 heteroatoms. The number of piperidine rings is 1. The standard InChI is InChI=1S/C23H34FN3O3/c1-16(2)27(18-8-7-11-25-15-18)23(28)21-22(30-4)19-14-17(24)9-10-20(19)26(21)12-5-6-13-29-3/h9-10,14,16,18,25H,5-8,11-13,15H2,1-4H3/t18-/m1/s1. The molecule has 0 bridgehead atoms. The molecule has 1 saturated heterocycles. The van der Waals surface area contributed by atoms with E-state index in [1.807, 2.05) is 23.3 Å². The predicted octanol–water partition coefficient (Wildman–Crippen LogP) is 3.82. The number of carbonyl (C=O) groups excluding carboxylic acids is 1. The second-order valence-corrected chi connectivity index (χ2v) is 8.20. The summed E-state index contributed by atoms with van der Waals surface area (Å²) in [6.45, 7) is 7.17. The van der Waals surface area contributed by atoms with Gasteiger partial charge in [-0.1, -0.05) is 0 Å². The number of amides is 1. The number of unbranched alkanes of at least 4 members (excludes halogenated alkanes) is 1. The molecular formula is C23H34FN3O3. The number of ether oxygens (including phenoxy) is 2. The number of hydrogen-bond donors (Lipinski definition) is 1. The number of hydrogen-bond acceptors (Lipinski definition) is 4. The van der Waals surface area contributed by atoms with Gasteiger partial charge in [0, 0.05) is 44.3 Å². The molecule has 1 fully saturated rings. The number of fused-ring (bicyclic) bond motifs is 1. The molecule has 6 nitrogen and oxygen atoms in total. The van der Waals surface area contributed by atoms with Crippen molar-refractivity contribution in [2.24, 2.45) is 0 Å². The summed E-state index contributed by atoms with van der Waals surface area (Å²) in [5, 5.41) is 4.04. The van der Waals surface area contributed by atoms with E-state index in [1.54, 1.807) is 20.3 Å². The lowest BCUT2D eigenvalue weighted by Crippen LogP contribution is -2.52. The van der Waals surface area contributed by atoms with Gasteiger partial charge in [-0.25, -0.2) is 4.39 Å². The SMILES string of the molecule is COCCCCn1c(C(=O)N(C(C)C)[C@@H]2CCCNC2)c(OC)c2cc(F)ccc21. The lowest BCUT2D eigenvalue weighted by Gasteiger charge is -2.38. The van der Waals surface area contributed by atoms with Crippen molar-refractivity contribution in [3.8, 4) is 5.75 Å². The molecule has 1 N–H and O–H groups in total. The molecule has 0 spiro atoms. The Bertz CT molecular complexity index is 859. The van der Waals surface area contributed by atoms with Crippen molar-refractivity contribution in [1.82, 2.24) is 14.8 Å². The van der Waals surface area contributed by atoms with Gasteiger partial charge in [-0.3, -0.25) is 4.79 Å². The molecule has 0 unspecified atom stereocenters. The smallest absolute Gasteiger partial charge is 0.274 e. The van der Waals surface area contributed by atoms with Gasteiger partial charge < -0.3 is 24.3 Å². The molecule has 1 atom stereocenters. The average molecular weight is 420 g/mol. The van der Waals surface area contributed by atoms with Crippen LogP contribution in [-0.4, -0.2) is 61.4 Å². The van der Waals surface area contributed by atoms with Crippen LogP contribution >= 0.6 is 0 Å². The van der Waals surface area contributed by atoms with Gasteiger partial charge in [0.05, 0.1) is 12.6 Å². The Balaban J connectivity index is 2.07. The third-order valence-electron chi connectivity index (χ3n) is 5.82. The highest BCUT2D eigenvalue weighted by atomic mass is 19.1. The Hall–Kier alpha value is -2.12. The maximum atomic E-state index is 14.0. The number of nitrogens with zero attached hydrogens (tertiary/aromatic N) is 2. The molecule has 0 radical (unpaired) electrons. The summed E-state index contributed by atoms with van der Waals surface area (Å²) in [6, 6.07) is 4.81. The minimum Gasteiger partial charge on any atom is -0.494 e. The highest BCUT2D eigenvalue weighted by Crippen LogP contribution is 2.36. The van der Waals surface area contributed by atoms with Gasteiger partial charge in [0.25, 0.3) is 5.91 Å². The fraction of sp³-hybridized carbons (Fsp3) is 0.609. The Morgan fingerprint density at radius 3 is 2.77 bits per heavy atom. The van der Waals surface area contributed by atoms with Crippen LogP contribution in [0.3, 0.4) is 0 Å². The lowest BCUT2D eigenvalue weighted by molar-refractivity contribution is 0.0559. The summed E-state index contributed by atoms with van der Waals surface area (Å²) >= 11 is 0. The molecule has 1 aliphatic rings. The van der Waals surface area contributed by atoms with Crippen molar-refractivity contribution in [2.45, 2.75) is 58.2 Å². The molecule has 0 aliphatic carbocycles. The highest BCUT2D eigenvalue weighted by Gasteiger charge is 2.33. The summed E-state index contributed by atoms with van der Waals surface area (Å²) in [5.74, 6) is 0.0584. The Kier molecular flexibility index (Phi) is 7.72. The Morgan fingerprint density at radius 1 is 1.33 bits per heavy atom. The first-order chi connectivity index (χ1) is 14.5. The van der Waals surface area contributed by atoms with Gasteiger partial charge in [-0.2, -0.15) is 0 Å². The third kappa shape index (κ3) is 4.62. The quantitative estimate of drug-likeness (QED) is 0.628. The Morgan fingerprint density at radius 2 is 2.13 bits per heavy atom. The maximum Gasteiger partial charge on any atom is 0.274 e. The molecule has 30 heavy (non-hydrogen) atoms. The van der Waals surface area contributed by atoms with Crippen LogP contribution in [0.1, 0.15) is 50.0 Å². The van der Waals surface area contributed by atoms with E-state index in [2.05, 4.69) is 5.32 Å². The van der Waals surface area contributed by atoms with Crippen molar-refractivity contribution in [2.75, 3.05) is 33.9 Å². The van der Waals surface area contributed by atoms with Crippen LogP contribution in [0, 0.1) is 5.82 Å². The van der Waals surface area contributed by atoms with Crippen LogP contribution in [-0.2, 0) is 11.3 Å². The topological polar surface area (TPSA) is 55.7 Å². The summed E-state index contributed by atoms with van der Waals surface area (Å²) in [4.78, 5) is 15.9. The molecule has 1 aromatic carbocycles. The molecular weight excluding hydrogens is 385 g/mol. The van der Waals surface area contributed by atoms with Gasteiger partial charge in [-0.15, -0.1) is 0 Å². The fourth-order valence-corrected chi connectivity index (χ4v) is 4.48. The number of aryl methyl sites for hydroxylation is 1. The van der Waals surface area contributed by atoms with E-state index in [4.69, 9.17) is 9.47 Å². The van der Waals surface area contributed by atoms with E-state index in [1.165, 1.54) is 12.1 Å². The van der Waals surface area contributed by atoms with E-state index in [9.17, 15) is 9.18 Å². The normalized spacial score (nSPS) is 16.9. The van der Waals surface area contributed by atoms with Gasteiger partial charge in [0.2, 0.25) is 0 Å². The lowest BCUT2D eigenvalue weighted by atomic mass is 10.0. The van der Waals surface area contributed by atoms with E-state index in [-0.39, 0.29) is 23.8 Å². The first kappa shape index (κ1) is 22.6. The number of nitrogens with one attached hydrogen (secondary N) is 1. The third-order valence-corrected chi connectivity index (χ3v) is 5.82. The fourth-order valence-electron chi connectivity index (χ4n) is 4.48. The van der Waals surface area contributed by atoms with E-state index >= 15 is 0 Å². The second kappa shape index (κ2) is 10.3. The number of carbonyl (C=O) groups is 1. The number of benzene rings is 1. The summed E-state index contributed by atoms with van der Waals surface area (Å²) < 4.78 is 26.9. The summed E-state index contributed by atoms with van der Waals surface area (Å²) in [5.41, 5.74) is 1.33. The number of aromatic nitrogens is 1. The van der Waals surface area contributed by atoms with Crippen molar-refractivity contribution in [3.05, 3.63) is 29.7 Å². The van der Waals surface area contributed by atoms with Crippen LogP contribution in [0.2, 0.25) is 0 Å². The largest absolute Gasteiger partial charge is 0.494 e. The second-order valence-electron chi connectivity index (χ2n) is 8.20. The van der Waals surface area contributed by atoms with Gasteiger partial charge >= 0.3 is 0 Å². The summed E-state index contributed by atoms with van der Waals surface area (Å²) in [6.07, 6.45) is 3.75. The minimum atomic E-state index is -0.339.